The number of hydrogen-bond acceptors (Lipinski definition) is 5. The van der Waals surface area contributed by atoms with Crippen LogP contribution in [0.25, 0.3) is 0 Å². The van der Waals surface area contributed by atoms with Gasteiger partial charge in [0.15, 0.2) is 5.76 Å². The summed E-state index contributed by atoms with van der Waals surface area (Å²) in [6.07, 6.45) is 7.64. The van der Waals surface area contributed by atoms with Gasteiger partial charge < -0.3 is 19.2 Å². The molecule has 0 aromatic carbocycles. The Morgan fingerprint density at radius 1 is 1.24 bits per heavy atom. The van der Waals surface area contributed by atoms with Gasteiger partial charge in [0.05, 0.1) is 17.9 Å². The van der Waals surface area contributed by atoms with E-state index >= 15 is 0 Å². The van der Waals surface area contributed by atoms with Gasteiger partial charge in [-0.3, -0.25) is 14.6 Å². The molecule has 0 bridgehead atoms. The SMILES string of the molecule is Cc1nccn1CCCNC(=O)C1CN(C(=O)c2ccco2)Cc2cccnc21. The van der Waals surface area contributed by atoms with E-state index in [1.54, 1.807) is 29.4 Å². The van der Waals surface area contributed by atoms with Crippen LogP contribution in [-0.4, -0.2) is 44.3 Å². The molecule has 0 saturated heterocycles. The molecule has 29 heavy (non-hydrogen) atoms. The van der Waals surface area contributed by atoms with Crippen LogP contribution in [0, 0.1) is 6.92 Å². The zero-order valence-electron chi connectivity index (χ0n) is 16.2. The second kappa shape index (κ2) is 8.30. The van der Waals surface area contributed by atoms with Gasteiger partial charge in [0.2, 0.25) is 5.91 Å². The summed E-state index contributed by atoms with van der Waals surface area (Å²) in [6.45, 7) is 3.96. The molecule has 0 spiro atoms. The van der Waals surface area contributed by atoms with Crippen LogP contribution in [0.1, 0.15) is 40.0 Å². The number of hydrogen-bond donors (Lipinski definition) is 1. The van der Waals surface area contributed by atoms with E-state index in [4.69, 9.17) is 4.42 Å². The topological polar surface area (TPSA) is 93.3 Å². The number of furan rings is 1. The van der Waals surface area contributed by atoms with Crippen molar-refractivity contribution >= 4 is 11.8 Å². The molecule has 1 aliphatic heterocycles. The lowest BCUT2D eigenvalue weighted by Gasteiger charge is -2.32. The van der Waals surface area contributed by atoms with Crippen LogP contribution >= 0.6 is 0 Å². The van der Waals surface area contributed by atoms with Gasteiger partial charge in [0, 0.05) is 44.8 Å². The highest BCUT2D eigenvalue weighted by molar-refractivity contribution is 5.93. The zero-order chi connectivity index (χ0) is 20.2. The average molecular weight is 393 g/mol. The van der Waals surface area contributed by atoms with Crippen LogP contribution in [0.3, 0.4) is 0 Å². The van der Waals surface area contributed by atoms with E-state index in [-0.39, 0.29) is 24.1 Å². The van der Waals surface area contributed by atoms with Gasteiger partial charge in [0.25, 0.3) is 5.91 Å². The van der Waals surface area contributed by atoms with E-state index < -0.39 is 5.92 Å². The quantitative estimate of drug-likeness (QED) is 0.648. The minimum absolute atomic E-state index is 0.121. The lowest BCUT2D eigenvalue weighted by molar-refractivity contribution is -0.123. The number of rotatable bonds is 6. The maximum Gasteiger partial charge on any atom is 0.289 e. The van der Waals surface area contributed by atoms with E-state index in [9.17, 15) is 9.59 Å². The van der Waals surface area contributed by atoms with Gasteiger partial charge in [-0.15, -0.1) is 0 Å². The molecule has 0 saturated carbocycles. The first-order chi connectivity index (χ1) is 14.1. The summed E-state index contributed by atoms with van der Waals surface area (Å²) < 4.78 is 7.29. The monoisotopic (exact) mass is 393 g/mol. The second-order valence-electron chi connectivity index (χ2n) is 7.08. The molecule has 1 unspecified atom stereocenters. The van der Waals surface area contributed by atoms with Crippen molar-refractivity contribution in [2.24, 2.45) is 0 Å². The van der Waals surface area contributed by atoms with E-state index in [0.29, 0.717) is 13.1 Å². The highest BCUT2D eigenvalue weighted by atomic mass is 16.3. The Hall–Kier alpha value is -3.42. The van der Waals surface area contributed by atoms with Crippen LogP contribution in [0.5, 0.6) is 0 Å². The number of aromatic nitrogens is 3. The first kappa shape index (κ1) is 18.9. The van der Waals surface area contributed by atoms with Gasteiger partial charge >= 0.3 is 0 Å². The van der Waals surface area contributed by atoms with Crippen molar-refractivity contribution < 1.29 is 14.0 Å². The minimum atomic E-state index is -0.506. The fourth-order valence-corrected chi connectivity index (χ4v) is 3.62. The molecule has 2 amide bonds. The number of aryl methyl sites for hydroxylation is 2. The minimum Gasteiger partial charge on any atom is -0.459 e. The third-order valence-corrected chi connectivity index (χ3v) is 5.15. The summed E-state index contributed by atoms with van der Waals surface area (Å²) in [4.78, 5) is 35.9. The second-order valence-corrected chi connectivity index (χ2v) is 7.08. The van der Waals surface area contributed by atoms with Crippen LogP contribution in [0.2, 0.25) is 0 Å². The molecule has 1 N–H and O–H groups in total. The summed E-state index contributed by atoms with van der Waals surface area (Å²) in [6, 6.07) is 7.04. The number of carbonyl (C=O) groups excluding carboxylic acids is 2. The molecule has 150 valence electrons. The van der Waals surface area contributed by atoms with Crippen LogP contribution in [0.15, 0.2) is 53.5 Å². The highest BCUT2D eigenvalue weighted by Crippen LogP contribution is 2.27. The number of imidazole rings is 1. The van der Waals surface area contributed by atoms with Crippen molar-refractivity contribution in [2.45, 2.75) is 32.4 Å². The maximum absolute atomic E-state index is 12.9. The first-order valence-corrected chi connectivity index (χ1v) is 9.65. The van der Waals surface area contributed by atoms with E-state index in [1.807, 2.05) is 29.8 Å². The molecule has 3 aromatic rings. The van der Waals surface area contributed by atoms with Crippen molar-refractivity contribution in [3.8, 4) is 0 Å². The Morgan fingerprint density at radius 2 is 2.14 bits per heavy atom. The molecule has 1 atom stereocenters. The third kappa shape index (κ3) is 4.06. The lowest BCUT2D eigenvalue weighted by Crippen LogP contribution is -2.44. The Bertz CT molecular complexity index is 995. The molecule has 4 rings (SSSR count). The zero-order valence-corrected chi connectivity index (χ0v) is 16.2. The van der Waals surface area contributed by atoms with Gasteiger partial charge in [0.1, 0.15) is 5.82 Å². The summed E-state index contributed by atoms with van der Waals surface area (Å²) in [5.74, 6) is 0.372. The Balaban J connectivity index is 1.42. The van der Waals surface area contributed by atoms with Gasteiger partial charge in [-0.25, -0.2) is 4.98 Å². The summed E-state index contributed by atoms with van der Waals surface area (Å²) in [5.41, 5.74) is 1.62. The number of nitrogens with zero attached hydrogens (tertiary/aromatic N) is 4. The number of pyridine rings is 1. The fraction of sp³-hybridized carbons (Fsp3) is 0.333. The number of carbonyl (C=O) groups is 2. The Labute approximate surface area is 168 Å². The maximum atomic E-state index is 12.9. The number of fused-ring (bicyclic) bond motifs is 1. The van der Waals surface area contributed by atoms with Gasteiger partial charge in [-0.2, -0.15) is 0 Å². The number of amides is 2. The third-order valence-electron chi connectivity index (χ3n) is 5.15. The Kier molecular flexibility index (Phi) is 5.41. The molecular weight excluding hydrogens is 370 g/mol. The van der Waals surface area contributed by atoms with Crippen molar-refractivity contribution in [1.82, 2.24) is 24.8 Å². The summed E-state index contributed by atoms with van der Waals surface area (Å²) in [7, 11) is 0. The lowest BCUT2D eigenvalue weighted by atomic mass is 9.93. The first-order valence-electron chi connectivity index (χ1n) is 9.65. The highest BCUT2D eigenvalue weighted by Gasteiger charge is 2.34. The van der Waals surface area contributed by atoms with Crippen molar-refractivity contribution in [3.05, 3.63) is 72.0 Å². The van der Waals surface area contributed by atoms with E-state index in [1.165, 1.54) is 6.26 Å². The average Bonchev–Trinajstić information content (AvgIpc) is 3.42. The van der Waals surface area contributed by atoms with Crippen LogP contribution in [-0.2, 0) is 17.9 Å². The largest absolute Gasteiger partial charge is 0.459 e. The standard InChI is InChI=1S/C21H23N5O3/c1-15-22-9-11-25(15)10-4-8-24-20(27)17-14-26(21(28)18-6-3-12-29-18)13-16-5-2-7-23-19(16)17/h2-3,5-7,9,11-12,17H,4,8,10,13-14H2,1H3,(H,24,27). The normalized spacial score (nSPS) is 15.8. The molecule has 1 aliphatic rings. The predicted molar refractivity (Wildman–Crippen MR) is 105 cm³/mol. The van der Waals surface area contributed by atoms with Gasteiger partial charge in [-0.05, 0) is 37.1 Å². The van der Waals surface area contributed by atoms with Crippen LogP contribution < -0.4 is 5.32 Å². The molecular formula is C21H23N5O3. The molecule has 8 heteroatoms. The predicted octanol–water partition coefficient (Wildman–Crippen LogP) is 2.13. The van der Waals surface area contributed by atoms with E-state index in [0.717, 1.165) is 30.0 Å². The van der Waals surface area contributed by atoms with Crippen molar-refractivity contribution in [2.75, 3.05) is 13.1 Å². The van der Waals surface area contributed by atoms with Crippen molar-refractivity contribution in [3.63, 3.8) is 0 Å². The fourth-order valence-electron chi connectivity index (χ4n) is 3.62. The van der Waals surface area contributed by atoms with Gasteiger partial charge in [-0.1, -0.05) is 6.07 Å². The summed E-state index contributed by atoms with van der Waals surface area (Å²) >= 11 is 0. The van der Waals surface area contributed by atoms with E-state index in [2.05, 4.69) is 15.3 Å². The molecule has 4 heterocycles. The Morgan fingerprint density at radius 3 is 2.90 bits per heavy atom. The molecule has 0 aliphatic carbocycles. The molecule has 0 fully saturated rings. The number of nitrogens with one attached hydrogen (secondary N) is 1. The molecule has 8 nitrogen and oxygen atoms in total. The smallest absolute Gasteiger partial charge is 0.289 e. The van der Waals surface area contributed by atoms with Crippen molar-refractivity contribution in [1.29, 1.82) is 0 Å². The molecule has 3 aromatic heterocycles. The van der Waals surface area contributed by atoms with Crippen LogP contribution in [0.4, 0.5) is 0 Å². The summed E-state index contributed by atoms with van der Waals surface area (Å²) in [5, 5.41) is 3.00. The molecule has 0 radical (unpaired) electrons.